The van der Waals surface area contributed by atoms with Gasteiger partial charge >= 0.3 is 0 Å². The highest BCUT2D eigenvalue weighted by atomic mass is 32.2. The molecule has 0 saturated heterocycles. The van der Waals surface area contributed by atoms with Crippen LogP contribution >= 0.6 is 0 Å². The van der Waals surface area contributed by atoms with Gasteiger partial charge in [0, 0.05) is 5.69 Å². The molecule has 0 unspecified atom stereocenters. The van der Waals surface area contributed by atoms with Crippen LogP contribution in [-0.4, -0.2) is 20.4 Å². The van der Waals surface area contributed by atoms with E-state index in [1.807, 2.05) is 26.0 Å². The number of carbonyl (C=O) groups excluding carboxylic acids is 1. The Bertz CT molecular complexity index is 802. The third-order valence-electron chi connectivity index (χ3n) is 3.64. The van der Waals surface area contributed by atoms with Gasteiger partial charge < -0.3 is 5.32 Å². The predicted molar refractivity (Wildman–Crippen MR) is 90.8 cm³/mol. The molecule has 2 aromatic carbocycles. The second-order valence-electron chi connectivity index (χ2n) is 5.39. The molecule has 0 radical (unpaired) electrons. The van der Waals surface area contributed by atoms with Crippen LogP contribution in [0.5, 0.6) is 0 Å². The summed E-state index contributed by atoms with van der Waals surface area (Å²) < 4.78 is 26.8. The number of aryl methyl sites for hydroxylation is 1. The molecule has 0 spiro atoms. The van der Waals surface area contributed by atoms with Gasteiger partial charge in [0.25, 0.3) is 0 Å². The van der Waals surface area contributed by atoms with Crippen LogP contribution in [0.1, 0.15) is 18.1 Å². The predicted octanol–water partition coefficient (Wildman–Crippen LogP) is 2.61. The Morgan fingerprint density at radius 2 is 1.65 bits per heavy atom. The smallest absolute Gasteiger partial charge is 0.242 e. The SMILES string of the molecule is Cc1cccc(NC(=O)[C@H](C)NS(=O)(=O)c2ccccc2)c1C. The van der Waals surface area contributed by atoms with Crippen molar-refractivity contribution in [2.75, 3.05) is 5.32 Å². The minimum Gasteiger partial charge on any atom is -0.324 e. The van der Waals surface area contributed by atoms with Gasteiger partial charge in [-0.05, 0) is 50.1 Å². The Morgan fingerprint density at radius 1 is 1.00 bits per heavy atom. The first kappa shape index (κ1) is 17.2. The molecule has 122 valence electrons. The van der Waals surface area contributed by atoms with Crippen LogP contribution in [0.4, 0.5) is 5.69 Å². The van der Waals surface area contributed by atoms with E-state index in [0.717, 1.165) is 11.1 Å². The van der Waals surface area contributed by atoms with Crippen molar-refractivity contribution < 1.29 is 13.2 Å². The molecule has 2 N–H and O–H groups in total. The van der Waals surface area contributed by atoms with E-state index >= 15 is 0 Å². The first-order valence-electron chi connectivity index (χ1n) is 7.26. The highest BCUT2D eigenvalue weighted by Gasteiger charge is 2.22. The van der Waals surface area contributed by atoms with Crippen LogP contribution in [0.3, 0.4) is 0 Å². The van der Waals surface area contributed by atoms with Crippen LogP contribution < -0.4 is 10.0 Å². The van der Waals surface area contributed by atoms with E-state index in [9.17, 15) is 13.2 Å². The highest BCUT2D eigenvalue weighted by molar-refractivity contribution is 7.89. The Morgan fingerprint density at radius 3 is 2.30 bits per heavy atom. The second-order valence-corrected chi connectivity index (χ2v) is 7.11. The molecular weight excluding hydrogens is 312 g/mol. The molecule has 1 atom stereocenters. The quantitative estimate of drug-likeness (QED) is 0.884. The summed E-state index contributed by atoms with van der Waals surface area (Å²) >= 11 is 0. The maximum atomic E-state index is 12.2. The Labute approximate surface area is 136 Å². The molecule has 0 aromatic heterocycles. The zero-order valence-corrected chi connectivity index (χ0v) is 14.1. The van der Waals surface area contributed by atoms with Gasteiger partial charge in [0.05, 0.1) is 10.9 Å². The van der Waals surface area contributed by atoms with Gasteiger partial charge in [-0.2, -0.15) is 4.72 Å². The lowest BCUT2D eigenvalue weighted by Gasteiger charge is -2.16. The highest BCUT2D eigenvalue weighted by Crippen LogP contribution is 2.18. The Kier molecular flexibility index (Phi) is 5.18. The lowest BCUT2D eigenvalue weighted by Crippen LogP contribution is -2.41. The maximum absolute atomic E-state index is 12.2. The molecule has 0 aliphatic heterocycles. The molecule has 0 bridgehead atoms. The average molecular weight is 332 g/mol. The van der Waals surface area contributed by atoms with Gasteiger partial charge in [-0.1, -0.05) is 30.3 Å². The van der Waals surface area contributed by atoms with E-state index in [4.69, 9.17) is 0 Å². The number of sulfonamides is 1. The number of rotatable bonds is 5. The van der Waals surface area contributed by atoms with Crippen molar-refractivity contribution in [3.63, 3.8) is 0 Å². The molecule has 1 amide bonds. The second kappa shape index (κ2) is 6.93. The molecule has 2 aromatic rings. The minimum atomic E-state index is -3.73. The third kappa shape index (κ3) is 4.18. The maximum Gasteiger partial charge on any atom is 0.242 e. The number of benzene rings is 2. The van der Waals surface area contributed by atoms with Crippen LogP contribution in [0, 0.1) is 13.8 Å². The molecule has 5 nitrogen and oxygen atoms in total. The Balaban J connectivity index is 2.10. The van der Waals surface area contributed by atoms with Crippen LogP contribution in [-0.2, 0) is 14.8 Å². The van der Waals surface area contributed by atoms with Crippen molar-refractivity contribution in [1.82, 2.24) is 4.72 Å². The molecular formula is C17H20N2O3S. The van der Waals surface area contributed by atoms with E-state index in [2.05, 4.69) is 10.0 Å². The molecule has 0 fully saturated rings. The normalized spacial score (nSPS) is 12.7. The Hall–Kier alpha value is -2.18. The van der Waals surface area contributed by atoms with Crippen LogP contribution in [0.15, 0.2) is 53.4 Å². The summed E-state index contributed by atoms with van der Waals surface area (Å²) in [6.45, 7) is 5.37. The molecule has 6 heteroatoms. The van der Waals surface area contributed by atoms with Crippen molar-refractivity contribution in [3.05, 3.63) is 59.7 Å². The lowest BCUT2D eigenvalue weighted by molar-refractivity contribution is -0.117. The van der Waals surface area contributed by atoms with Crippen molar-refractivity contribution >= 4 is 21.6 Å². The van der Waals surface area contributed by atoms with E-state index in [-0.39, 0.29) is 4.90 Å². The fraction of sp³-hybridized carbons (Fsp3) is 0.235. The number of anilines is 1. The average Bonchev–Trinajstić information content (AvgIpc) is 2.52. The molecule has 23 heavy (non-hydrogen) atoms. The number of amides is 1. The van der Waals surface area contributed by atoms with Crippen molar-refractivity contribution in [2.45, 2.75) is 31.7 Å². The fourth-order valence-corrected chi connectivity index (χ4v) is 3.31. The molecule has 0 aliphatic rings. The zero-order chi connectivity index (χ0) is 17.0. The van der Waals surface area contributed by atoms with Gasteiger partial charge in [-0.3, -0.25) is 4.79 Å². The summed E-state index contributed by atoms with van der Waals surface area (Å²) in [5.74, 6) is -0.404. The summed E-state index contributed by atoms with van der Waals surface area (Å²) in [7, 11) is -3.73. The largest absolute Gasteiger partial charge is 0.324 e. The fourth-order valence-electron chi connectivity index (χ4n) is 2.08. The standard InChI is InChI=1S/C17H20N2O3S/c1-12-8-7-11-16(13(12)2)18-17(20)14(3)19-23(21,22)15-9-5-4-6-10-15/h4-11,14,19H,1-3H3,(H,18,20)/t14-/m0/s1. The van der Waals surface area contributed by atoms with Gasteiger partial charge in [-0.25, -0.2) is 8.42 Å². The number of hydrogen-bond acceptors (Lipinski definition) is 3. The summed E-state index contributed by atoms with van der Waals surface area (Å²) in [5, 5.41) is 2.76. The van der Waals surface area contributed by atoms with Gasteiger partial charge in [0.2, 0.25) is 15.9 Å². The first-order valence-corrected chi connectivity index (χ1v) is 8.74. The summed E-state index contributed by atoms with van der Waals surface area (Å²) in [4.78, 5) is 12.4. The first-order chi connectivity index (χ1) is 10.8. The molecule has 0 saturated carbocycles. The molecule has 2 rings (SSSR count). The number of hydrogen-bond donors (Lipinski definition) is 2. The van der Waals surface area contributed by atoms with E-state index in [1.54, 1.807) is 24.3 Å². The minimum absolute atomic E-state index is 0.131. The van der Waals surface area contributed by atoms with Crippen molar-refractivity contribution in [2.24, 2.45) is 0 Å². The topological polar surface area (TPSA) is 75.3 Å². The molecule has 0 aliphatic carbocycles. The van der Waals surface area contributed by atoms with Gasteiger partial charge in [-0.15, -0.1) is 0 Å². The van der Waals surface area contributed by atoms with Gasteiger partial charge in [0.1, 0.15) is 0 Å². The van der Waals surface area contributed by atoms with Crippen molar-refractivity contribution in [3.8, 4) is 0 Å². The van der Waals surface area contributed by atoms with Crippen LogP contribution in [0.25, 0.3) is 0 Å². The van der Waals surface area contributed by atoms with Crippen LogP contribution in [0.2, 0.25) is 0 Å². The summed E-state index contributed by atoms with van der Waals surface area (Å²) in [5.41, 5.74) is 2.69. The molecule has 0 heterocycles. The summed E-state index contributed by atoms with van der Waals surface area (Å²) in [6, 6.07) is 12.7. The summed E-state index contributed by atoms with van der Waals surface area (Å²) in [6.07, 6.45) is 0. The van der Waals surface area contributed by atoms with Gasteiger partial charge in [0.15, 0.2) is 0 Å². The lowest BCUT2D eigenvalue weighted by atomic mass is 10.1. The van der Waals surface area contributed by atoms with Crippen molar-refractivity contribution in [1.29, 1.82) is 0 Å². The number of carbonyl (C=O) groups is 1. The number of nitrogens with one attached hydrogen (secondary N) is 2. The van der Waals surface area contributed by atoms with E-state index in [0.29, 0.717) is 5.69 Å². The van der Waals surface area contributed by atoms with E-state index in [1.165, 1.54) is 19.1 Å². The zero-order valence-electron chi connectivity index (χ0n) is 13.3. The third-order valence-corrected chi connectivity index (χ3v) is 5.20. The monoisotopic (exact) mass is 332 g/mol. The van der Waals surface area contributed by atoms with E-state index < -0.39 is 22.0 Å².